The van der Waals surface area contributed by atoms with E-state index in [1.165, 1.54) is 82.7 Å². The lowest BCUT2D eigenvalue weighted by Gasteiger charge is -2.57. The summed E-state index contributed by atoms with van der Waals surface area (Å²) >= 11 is 0. The number of anilines is 3. The second-order valence-electron chi connectivity index (χ2n) is 17.6. The number of furan rings is 1. The highest BCUT2D eigenvalue weighted by molar-refractivity contribution is 6.14. The molecule has 8 aromatic carbocycles. The number of rotatable bonds is 7. The normalized spacial score (nSPS) is 20.9. The van der Waals surface area contributed by atoms with Crippen molar-refractivity contribution in [2.75, 3.05) is 4.90 Å². The third kappa shape index (κ3) is 5.61. The molecule has 2 nitrogen and oxygen atoms in total. The van der Waals surface area contributed by atoms with Gasteiger partial charge in [0.05, 0.1) is 11.1 Å². The molecule has 0 atom stereocenters. The van der Waals surface area contributed by atoms with Crippen LogP contribution in [0.1, 0.15) is 44.1 Å². The second kappa shape index (κ2) is 13.4. The van der Waals surface area contributed by atoms with Crippen molar-refractivity contribution in [1.82, 2.24) is 0 Å². The molecule has 4 saturated carbocycles. The lowest BCUT2D eigenvalue weighted by molar-refractivity contribution is -0.00518. The van der Waals surface area contributed by atoms with Gasteiger partial charge in [-0.3, -0.25) is 0 Å². The van der Waals surface area contributed by atoms with E-state index in [1.807, 2.05) is 0 Å². The smallest absolute Gasteiger partial charge is 0.137 e. The Hall–Kier alpha value is -6.38. The highest BCUT2D eigenvalue weighted by Crippen LogP contribution is 2.61. The maximum absolute atomic E-state index is 6.63. The first-order valence-electron chi connectivity index (χ1n) is 21.2. The molecule has 9 aromatic rings. The van der Waals surface area contributed by atoms with E-state index in [1.54, 1.807) is 5.56 Å². The van der Waals surface area contributed by atoms with Crippen LogP contribution >= 0.6 is 0 Å². The van der Waals surface area contributed by atoms with Crippen LogP contribution in [0.3, 0.4) is 0 Å². The Morgan fingerprint density at radius 2 is 1.00 bits per heavy atom. The largest absolute Gasteiger partial charge is 0.456 e. The Labute approximate surface area is 340 Å². The van der Waals surface area contributed by atoms with Gasteiger partial charge in [-0.1, -0.05) is 133 Å². The summed E-state index contributed by atoms with van der Waals surface area (Å²) < 4.78 is 6.63. The van der Waals surface area contributed by atoms with Crippen molar-refractivity contribution < 1.29 is 4.42 Å². The van der Waals surface area contributed by atoms with Crippen molar-refractivity contribution in [2.24, 2.45) is 17.8 Å². The average Bonchev–Trinajstić information content (AvgIpc) is 3.66. The molecule has 280 valence electrons. The van der Waals surface area contributed by atoms with Crippen LogP contribution in [0, 0.1) is 17.8 Å². The van der Waals surface area contributed by atoms with Crippen LogP contribution in [0.15, 0.2) is 186 Å². The lowest BCUT2D eigenvalue weighted by Crippen LogP contribution is -2.48. The van der Waals surface area contributed by atoms with E-state index < -0.39 is 0 Å². The quantitative estimate of drug-likeness (QED) is 0.161. The van der Waals surface area contributed by atoms with Crippen LogP contribution in [0.2, 0.25) is 0 Å². The molecular weight excluding hydrogens is 703 g/mol. The molecule has 13 rings (SSSR count). The first-order valence-corrected chi connectivity index (χ1v) is 21.2. The molecule has 4 aliphatic carbocycles. The number of hydrogen-bond donors (Lipinski definition) is 0. The molecule has 0 amide bonds. The Morgan fingerprint density at radius 1 is 0.431 bits per heavy atom. The summed E-state index contributed by atoms with van der Waals surface area (Å²) in [4.78, 5) is 2.39. The summed E-state index contributed by atoms with van der Waals surface area (Å²) in [5.74, 6) is 2.83. The van der Waals surface area contributed by atoms with Gasteiger partial charge in [0, 0.05) is 16.8 Å². The highest BCUT2D eigenvalue weighted by Gasteiger charge is 2.51. The SMILES string of the molecule is c1ccc(-c2ccc(N(c3ccc(-c4cccc5ccccc45)cc3)c3cccc4oc5ccc(-c6ccc(C78CC9CC(CC(C9)C7)C8)cc6)cc5c34)cc2)cc1. The molecule has 1 aromatic heterocycles. The second-order valence-corrected chi connectivity index (χ2v) is 17.6. The van der Waals surface area contributed by atoms with Crippen LogP contribution in [-0.2, 0) is 5.41 Å². The lowest BCUT2D eigenvalue weighted by atomic mass is 9.48. The van der Waals surface area contributed by atoms with Gasteiger partial charge in [0.1, 0.15) is 11.2 Å². The van der Waals surface area contributed by atoms with E-state index in [-0.39, 0.29) is 0 Å². The van der Waals surface area contributed by atoms with E-state index in [0.717, 1.165) is 56.8 Å². The van der Waals surface area contributed by atoms with E-state index in [4.69, 9.17) is 4.42 Å². The topological polar surface area (TPSA) is 16.4 Å². The van der Waals surface area contributed by atoms with Crippen molar-refractivity contribution in [3.05, 3.63) is 188 Å². The number of hydrogen-bond acceptors (Lipinski definition) is 2. The maximum atomic E-state index is 6.63. The zero-order valence-electron chi connectivity index (χ0n) is 32.7. The monoisotopic (exact) mass is 747 g/mol. The van der Waals surface area contributed by atoms with Crippen molar-refractivity contribution in [1.29, 1.82) is 0 Å². The van der Waals surface area contributed by atoms with Gasteiger partial charge in [-0.15, -0.1) is 0 Å². The number of benzene rings is 8. The van der Waals surface area contributed by atoms with Gasteiger partial charge in [0.15, 0.2) is 0 Å². The van der Waals surface area contributed by atoms with Gasteiger partial charge in [0.25, 0.3) is 0 Å². The van der Waals surface area contributed by atoms with Crippen LogP contribution in [0.5, 0.6) is 0 Å². The van der Waals surface area contributed by atoms with Crippen LogP contribution < -0.4 is 4.90 Å². The van der Waals surface area contributed by atoms with Crippen molar-refractivity contribution in [3.8, 4) is 33.4 Å². The summed E-state index contributed by atoms with van der Waals surface area (Å²) in [5, 5.41) is 4.76. The minimum absolute atomic E-state index is 0.405. The van der Waals surface area contributed by atoms with Gasteiger partial charge in [-0.25, -0.2) is 0 Å². The van der Waals surface area contributed by atoms with E-state index in [0.29, 0.717) is 5.41 Å². The minimum atomic E-state index is 0.405. The van der Waals surface area contributed by atoms with Gasteiger partial charge in [0.2, 0.25) is 0 Å². The molecule has 0 radical (unpaired) electrons. The molecule has 4 bridgehead atoms. The molecule has 0 N–H and O–H groups in total. The Balaban J connectivity index is 0.962. The molecule has 0 saturated heterocycles. The molecule has 0 unspecified atom stereocenters. The van der Waals surface area contributed by atoms with E-state index >= 15 is 0 Å². The summed E-state index contributed by atoms with van der Waals surface area (Å²) in [6.07, 6.45) is 8.61. The fraction of sp³-hybridized carbons (Fsp3) is 0.179. The molecular formula is C56H45NO. The molecule has 4 aliphatic rings. The predicted octanol–water partition coefficient (Wildman–Crippen LogP) is 15.7. The fourth-order valence-electron chi connectivity index (χ4n) is 11.8. The summed E-state index contributed by atoms with van der Waals surface area (Å²) in [5.41, 5.74) is 14.4. The standard InChI is InChI=1S/C56H45NO/c1-2-8-40(9-3-1)41-18-25-47(26-19-41)57(48-27-20-44(21-28-48)50-13-6-11-43-10-4-5-12-49(43)50)52-14-7-15-54-55(52)51-33-45(22-29-53(51)58-54)42-16-23-46(24-17-42)56-34-37-30-38(35-56)32-39(31-37)36-56/h1-29,33,37-39H,30-32,34-36H2. The summed E-state index contributed by atoms with van der Waals surface area (Å²) in [6.45, 7) is 0. The van der Waals surface area contributed by atoms with Crippen LogP contribution in [0.4, 0.5) is 17.1 Å². The zero-order chi connectivity index (χ0) is 38.2. The third-order valence-corrected chi connectivity index (χ3v) is 14.0. The molecule has 58 heavy (non-hydrogen) atoms. The Morgan fingerprint density at radius 3 is 1.72 bits per heavy atom. The van der Waals surface area contributed by atoms with Crippen molar-refractivity contribution >= 4 is 49.8 Å². The first-order chi connectivity index (χ1) is 28.6. The van der Waals surface area contributed by atoms with E-state index in [2.05, 4.69) is 187 Å². The molecule has 0 spiro atoms. The van der Waals surface area contributed by atoms with Gasteiger partial charge in [-0.2, -0.15) is 0 Å². The molecule has 1 heterocycles. The highest BCUT2D eigenvalue weighted by atomic mass is 16.3. The Bertz CT molecular complexity index is 2920. The number of nitrogens with zero attached hydrogens (tertiary/aromatic N) is 1. The van der Waals surface area contributed by atoms with Crippen molar-refractivity contribution in [2.45, 2.75) is 43.9 Å². The van der Waals surface area contributed by atoms with Gasteiger partial charge in [-0.05, 0) is 160 Å². The van der Waals surface area contributed by atoms with E-state index in [9.17, 15) is 0 Å². The fourth-order valence-corrected chi connectivity index (χ4v) is 11.8. The predicted molar refractivity (Wildman–Crippen MR) is 242 cm³/mol. The van der Waals surface area contributed by atoms with Gasteiger partial charge < -0.3 is 9.32 Å². The van der Waals surface area contributed by atoms with Gasteiger partial charge >= 0.3 is 0 Å². The Kier molecular flexibility index (Phi) is 7.76. The van der Waals surface area contributed by atoms with Crippen molar-refractivity contribution in [3.63, 3.8) is 0 Å². The molecule has 2 heteroatoms. The minimum Gasteiger partial charge on any atom is -0.456 e. The molecule has 4 fully saturated rings. The average molecular weight is 748 g/mol. The summed E-state index contributed by atoms with van der Waals surface area (Å²) in [6, 6.07) is 66.8. The number of fused-ring (bicyclic) bond motifs is 4. The maximum Gasteiger partial charge on any atom is 0.137 e. The van der Waals surface area contributed by atoms with Crippen LogP contribution in [0.25, 0.3) is 66.1 Å². The zero-order valence-corrected chi connectivity index (χ0v) is 32.7. The van der Waals surface area contributed by atoms with Crippen LogP contribution in [-0.4, -0.2) is 0 Å². The molecule has 0 aliphatic heterocycles. The third-order valence-electron chi connectivity index (χ3n) is 14.0. The first kappa shape index (κ1) is 33.7. The summed E-state index contributed by atoms with van der Waals surface area (Å²) in [7, 11) is 0.